The zero-order valence-electron chi connectivity index (χ0n) is 26.8. The minimum atomic E-state index is -5.08. The van der Waals surface area contributed by atoms with E-state index >= 15 is 0 Å². The third-order valence-electron chi connectivity index (χ3n) is 7.85. The highest BCUT2D eigenvalue weighted by Crippen LogP contribution is 2.40. The van der Waals surface area contributed by atoms with Crippen LogP contribution in [0.25, 0.3) is 22.2 Å². The number of fused-ring (bicyclic) bond motifs is 1. The van der Waals surface area contributed by atoms with Gasteiger partial charge in [0.1, 0.15) is 11.1 Å². The number of sulfonamides is 2. The number of halogens is 8. The number of carbonyl (C=O) groups excluding carboxylic acids is 1. The first-order valence-corrected chi connectivity index (χ1v) is 18.9. The first kappa shape index (κ1) is 40.5. The van der Waals surface area contributed by atoms with E-state index in [2.05, 4.69) is 14.7 Å². The number of aromatic nitrogens is 2. The Morgan fingerprint density at radius 2 is 1.56 bits per heavy atom. The van der Waals surface area contributed by atoms with Gasteiger partial charge in [0.05, 0.1) is 34.0 Å². The fraction of sp³-hybridized carbons (Fsp3) is 0.182. The Morgan fingerprint density at radius 1 is 0.944 bits per heavy atom. The Balaban J connectivity index is 0.000000730. The van der Waals surface area contributed by atoms with Crippen LogP contribution in [0.5, 0.6) is 0 Å². The molecule has 6 rings (SSSR count). The second kappa shape index (κ2) is 15.2. The van der Waals surface area contributed by atoms with Gasteiger partial charge in [-0.15, -0.1) is 0 Å². The van der Waals surface area contributed by atoms with Crippen LogP contribution in [0.15, 0.2) is 89.8 Å². The summed E-state index contributed by atoms with van der Waals surface area (Å²) in [4.78, 5) is 27.5. The summed E-state index contributed by atoms with van der Waals surface area (Å²) in [6.45, 7) is 0. The molecular weight excluding hydrogens is 813 g/mol. The van der Waals surface area contributed by atoms with E-state index in [0.29, 0.717) is 28.2 Å². The molecule has 1 fully saturated rings. The van der Waals surface area contributed by atoms with Gasteiger partial charge in [0.15, 0.2) is 0 Å². The van der Waals surface area contributed by atoms with Crippen molar-refractivity contribution in [2.75, 3.05) is 0 Å². The molecule has 0 radical (unpaired) electrons. The highest BCUT2D eigenvalue weighted by molar-refractivity contribution is 7.90. The number of alkyl halides is 6. The van der Waals surface area contributed by atoms with Crippen LogP contribution in [0, 0.1) is 0 Å². The summed E-state index contributed by atoms with van der Waals surface area (Å²) in [7, 11) is -8.47. The fourth-order valence-electron chi connectivity index (χ4n) is 5.42. The number of para-hydroxylation sites is 2. The van der Waals surface area contributed by atoms with Gasteiger partial charge >= 0.3 is 18.3 Å². The van der Waals surface area contributed by atoms with E-state index in [0.717, 1.165) is 12.1 Å². The highest BCUT2D eigenvalue weighted by Gasteiger charge is 2.39. The molecule has 1 amide bonds. The number of hydrogen-bond donors (Lipinski definition) is 4. The first-order chi connectivity index (χ1) is 25.0. The Morgan fingerprint density at radius 3 is 2.09 bits per heavy atom. The Kier molecular flexibility index (Phi) is 11.4. The average molecular weight is 838 g/mol. The molecule has 0 aliphatic carbocycles. The van der Waals surface area contributed by atoms with Gasteiger partial charge in [0.25, 0.3) is 0 Å². The molecule has 1 unspecified atom stereocenters. The molecule has 1 aromatic heterocycles. The number of rotatable bonds is 8. The van der Waals surface area contributed by atoms with Crippen LogP contribution < -0.4 is 9.44 Å². The molecule has 0 bridgehead atoms. The van der Waals surface area contributed by atoms with E-state index in [1.54, 1.807) is 36.4 Å². The number of carboxylic acids is 1. The van der Waals surface area contributed by atoms with E-state index in [4.69, 9.17) is 33.1 Å². The summed E-state index contributed by atoms with van der Waals surface area (Å²) < 4.78 is 131. The Bertz CT molecular complexity index is 2410. The van der Waals surface area contributed by atoms with Crippen LogP contribution in [-0.4, -0.2) is 50.0 Å². The maximum atomic E-state index is 14.3. The van der Waals surface area contributed by atoms with Crippen LogP contribution >= 0.6 is 23.2 Å². The van der Waals surface area contributed by atoms with Gasteiger partial charge in [-0.3, -0.25) is 9.52 Å². The van der Waals surface area contributed by atoms with Crippen molar-refractivity contribution in [3.8, 4) is 11.1 Å². The molecule has 4 N–H and O–H groups in total. The second-order valence-corrected chi connectivity index (χ2v) is 16.1. The lowest BCUT2D eigenvalue weighted by molar-refractivity contribution is -0.192. The van der Waals surface area contributed by atoms with Crippen molar-refractivity contribution >= 4 is 66.2 Å². The van der Waals surface area contributed by atoms with E-state index < -0.39 is 66.0 Å². The van der Waals surface area contributed by atoms with Crippen LogP contribution in [-0.2, 0) is 42.2 Å². The molecule has 1 saturated heterocycles. The number of benzene rings is 4. The zero-order chi connectivity index (χ0) is 39.8. The quantitative estimate of drug-likeness (QED) is 0.117. The average Bonchev–Trinajstić information content (AvgIpc) is 3.62. The topological polar surface area (TPSA) is 175 Å². The Labute approximate surface area is 312 Å². The van der Waals surface area contributed by atoms with Gasteiger partial charge in [0.2, 0.25) is 26.0 Å². The van der Waals surface area contributed by atoms with E-state index in [9.17, 15) is 48.0 Å². The summed E-state index contributed by atoms with van der Waals surface area (Å²) in [6.07, 6.45) is -10.3. The summed E-state index contributed by atoms with van der Waals surface area (Å²) in [5.74, 6) is -3.17. The maximum Gasteiger partial charge on any atom is 0.490 e. The minimum absolute atomic E-state index is 0.0147. The number of nitrogens with zero attached hydrogens (tertiary/aromatic N) is 1. The first-order valence-electron chi connectivity index (χ1n) is 15.1. The lowest BCUT2D eigenvalue weighted by Crippen LogP contribution is -2.31. The van der Waals surface area contributed by atoms with Crippen molar-refractivity contribution < 1.29 is 57.9 Å². The zero-order valence-corrected chi connectivity index (χ0v) is 30.0. The predicted molar refractivity (Wildman–Crippen MR) is 184 cm³/mol. The molecule has 0 saturated carbocycles. The number of carbonyl (C=O) groups is 2. The third-order valence-corrected chi connectivity index (χ3v) is 11.5. The molecule has 286 valence electrons. The monoisotopic (exact) mass is 836 g/mol. The predicted octanol–water partition coefficient (Wildman–Crippen LogP) is 7.34. The summed E-state index contributed by atoms with van der Waals surface area (Å²) in [5.41, 5.74) is 0.611. The molecule has 1 aliphatic rings. The number of nitrogens with one attached hydrogen (secondary N) is 3. The number of aliphatic carboxylic acids is 1. The number of imidazole rings is 1. The molecule has 54 heavy (non-hydrogen) atoms. The van der Waals surface area contributed by atoms with Crippen LogP contribution in [0.3, 0.4) is 0 Å². The number of hydrogen-bond acceptors (Lipinski definition) is 7. The van der Waals surface area contributed by atoms with Gasteiger partial charge < -0.3 is 10.1 Å². The normalized spacial score (nSPS) is 16.4. The van der Waals surface area contributed by atoms with Crippen LogP contribution in [0.1, 0.15) is 40.2 Å². The standard InChI is InChI=1S/C31H23Cl2F3N4O5S2.C2HF3O2/c32-20-12-19(13-21(33)14-20)23-10-9-22(15-24(23)31(34,35)36)46(42,43)39-27(30-37-25-3-1-2-4-26(25)38-30)11-17-5-7-18(8-6-17)28-16-29(41)40-47(28,44)45;3-2(4,5)1(6)7/h1-10,12-15,27-28,39H,11,16H2,(H,37,38)(H,40,41);(H,6,7)/t27-,28?;/m0./s1. The van der Waals surface area contributed by atoms with Crippen molar-refractivity contribution in [1.82, 2.24) is 19.4 Å². The lowest BCUT2D eigenvalue weighted by Gasteiger charge is -2.19. The van der Waals surface area contributed by atoms with Crippen molar-refractivity contribution in [1.29, 1.82) is 0 Å². The molecule has 2 atom stereocenters. The molecule has 5 aromatic rings. The van der Waals surface area contributed by atoms with Crippen LogP contribution in [0.2, 0.25) is 10.0 Å². The molecule has 4 aromatic carbocycles. The number of amides is 1. The second-order valence-electron chi connectivity index (χ2n) is 11.7. The number of H-pyrrole nitrogens is 1. The SMILES string of the molecule is O=C(O)C(F)(F)F.O=C1CC(c2ccc(C[C@H](NS(=O)(=O)c3ccc(-c4cc(Cl)cc(Cl)c4)c(C(F)(F)F)c3)c3nc4ccccc4[nH]3)cc2)S(=O)(=O)N1. The smallest absolute Gasteiger partial charge is 0.475 e. The molecule has 11 nitrogen and oxygen atoms in total. The largest absolute Gasteiger partial charge is 0.490 e. The third kappa shape index (κ3) is 9.51. The van der Waals surface area contributed by atoms with E-state index in [1.807, 2.05) is 4.72 Å². The summed E-state index contributed by atoms with van der Waals surface area (Å²) in [6, 6.07) is 18.7. The molecule has 21 heteroatoms. The van der Waals surface area contributed by atoms with Gasteiger partial charge in [-0.2, -0.15) is 26.3 Å². The molecule has 2 heterocycles. The highest BCUT2D eigenvalue weighted by atomic mass is 35.5. The van der Waals surface area contributed by atoms with Gasteiger partial charge in [-0.05, 0) is 71.1 Å². The number of aromatic amines is 1. The Hall–Kier alpha value is -4.69. The van der Waals surface area contributed by atoms with Crippen LogP contribution in [0.4, 0.5) is 26.3 Å². The fourth-order valence-corrected chi connectivity index (χ4v) is 8.60. The van der Waals surface area contributed by atoms with E-state index in [-0.39, 0.29) is 39.8 Å². The van der Waals surface area contributed by atoms with E-state index in [1.165, 1.54) is 30.3 Å². The van der Waals surface area contributed by atoms with Gasteiger partial charge in [0, 0.05) is 10.0 Å². The lowest BCUT2D eigenvalue weighted by atomic mass is 9.99. The van der Waals surface area contributed by atoms with Crippen molar-refractivity contribution in [2.24, 2.45) is 0 Å². The maximum absolute atomic E-state index is 14.3. The summed E-state index contributed by atoms with van der Waals surface area (Å²) >= 11 is 12.0. The minimum Gasteiger partial charge on any atom is -0.475 e. The summed E-state index contributed by atoms with van der Waals surface area (Å²) in [5, 5.41) is 6.27. The van der Waals surface area contributed by atoms with Gasteiger partial charge in [-0.1, -0.05) is 65.7 Å². The van der Waals surface area contributed by atoms with Crippen molar-refractivity contribution in [3.63, 3.8) is 0 Å². The van der Waals surface area contributed by atoms with Gasteiger partial charge in [-0.25, -0.2) is 31.3 Å². The van der Waals surface area contributed by atoms with Crippen molar-refractivity contribution in [3.05, 3.63) is 117 Å². The molecular formula is C33H24Cl2F6N4O7S2. The number of carboxylic acid groups (broad SMARTS) is 1. The molecule has 0 spiro atoms. The van der Waals surface area contributed by atoms with Crippen molar-refractivity contribution in [2.45, 2.75) is 41.4 Å². The molecule has 1 aliphatic heterocycles.